The van der Waals surface area contributed by atoms with E-state index < -0.39 is 5.82 Å². The van der Waals surface area contributed by atoms with E-state index >= 15 is 0 Å². The van der Waals surface area contributed by atoms with Crippen molar-refractivity contribution in [3.63, 3.8) is 0 Å². The van der Waals surface area contributed by atoms with Crippen LogP contribution in [0.3, 0.4) is 0 Å². The van der Waals surface area contributed by atoms with Gasteiger partial charge in [0.15, 0.2) is 5.78 Å². The van der Waals surface area contributed by atoms with Crippen LogP contribution in [0.1, 0.15) is 17.3 Å². The van der Waals surface area contributed by atoms with Crippen LogP contribution < -0.4 is 4.74 Å². The SMILES string of the molecule is CC(=O)c1ccccc1Oc1cc(F)cc(Br)c1. The predicted molar refractivity (Wildman–Crippen MR) is 70.6 cm³/mol. The fourth-order valence-corrected chi connectivity index (χ4v) is 2.01. The Kier molecular flexibility index (Phi) is 3.77. The highest BCUT2D eigenvalue weighted by Gasteiger charge is 2.09. The summed E-state index contributed by atoms with van der Waals surface area (Å²) < 4.78 is 19.3. The molecule has 0 unspecified atom stereocenters. The van der Waals surface area contributed by atoms with Crippen molar-refractivity contribution in [3.05, 3.63) is 58.3 Å². The van der Waals surface area contributed by atoms with Crippen molar-refractivity contribution >= 4 is 21.7 Å². The van der Waals surface area contributed by atoms with E-state index in [1.54, 1.807) is 30.3 Å². The molecule has 0 aliphatic rings. The Balaban J connectivity index is 2.37. The van der Waals surface area contributed by atoms with Crippen molar-refractivity contribution in [2.24, 2.45) is 0 Å². The van der Waals surface area contributed by atoms with E-state index in [1.165, 1.54) is 19.1 Å². The maximum absolute atomic E-state index is 13.2. The molecular weight excluding hydrogens is 299 g/mol. The number of rotatable bonds is 3. The van der Waals surface area contributed by atoms with E-state index in [0.29, 0.717) is 21.5 Å². The van der Waals surface area contributed by atoms with Crippen LogP contribution in [0.4, 0.5) is 4.39 Å². The highest BCUT2D eigenvalue weighted by Crippen LogP contribution is 2.28. The number of ether oxygens (including phenoxy) is 1. The first kappa shape index (κ1) is 12.8. The van der Waals surface area contributed by atoms with Gasteiger partial charge in [-0.3, -0.25) is 4.79 Å². The van der Waals surface area contributed by atoms with Gasteiger partial charge in [0.1, 0.15) is 17.3 Å². The van der Waals surface area contributed by atoms with E-state index in [1.807, 2.05) is 0 Å². The molecule has 0 N–H and O–H groups in total. The lowest BCUT2D eigenvalue weighted by Crippen LogP contribution is -1.96. The molecule has 92 valence electrons. The Hall–Kier alpha value is -1.68. The van der Waals surface area contributed by atoms with E-state index in [2.05, 4.69) is 15.9 Å². The minimum absolute atomic E-state index is 0.0962. The van der Waals surface area contributed by atoms with Crippen LogP contribution in [-0.4, -0.2) is 5.78 Å². The largest absolute Gasteiger partial charge is 0.456 e. The highest BCUT2D eigenvalue weighted by molar-refractivity contribution is 9.10. The third kappa shape index (κ3) is 2.96. The van der Waals surface area contributed by atoms with E-state index in [9.17, 15) is 9.18 Å². The Morgan fingerprint density at radius 2 is 1.94 bits per heavy atom. The van der Waals surface area contributed by atoms with Crippen molar-refractivity contribution in [1.82, 2.24) is 0 Å². The van der Waals surface area contributed by atoms with Gasteiger partial charge in [-0.15, -0.1) is 0 Å². The van der Waals surface area contributed by atoms with Crippen molar-refractivity contribution in [2.75, 3.05) is 0 Å². The Labute approximate surface area is 113 Å². The molecule has 0 heterocycles. The van der Waals surface area contributed by atoms with Crippen LogP contribution >= 0.6 is 15.9 Å². The second-order valence-electron chi connectivity index (χ2n) is 3.76. The lowest BCUT2D eigenvalue weighted by atomic mass is 10.1. The number of hydrogen-bond donors (Lipinski definition) is 0. The number of Topliss-reactive ketones (excluding diaryl/α,β-unsaturated/α-hetero) is 1. The molecule has 0 spiro atoms. The molecule has 0 aromatic heterocycles. The Morgan fingerprint density at radius 1 is 1.22 bits per heavy atom. The number of carbonyl (C=O) groups is 1. The minimum Gasteiger partial charge on any atom is -0.456 e. The molecule has 2 rings (SSSR count). The fourth-order valence-electron chi connectivity index (χ4n) is 1.56. The minimum atomic E-state index is -0.403. The lowest BCUT2D eigenvalue weighted by Gasteiger charge is -2.09. The second kappa shape index (κ2) is 5.31. The van der Waals surface area contributed by atoms with Gasteiger partial charge in [0.2, 0.25) is 0 Å². The van der Waals surface area contributed by atoms with E-state index in [-0.39, 0.29) is 5.78 Å². The normalized spacial score (nSPS) is 10.2. The van der Waals surface area contributed by atoms with Gasteiger partial charge in [-0.2, -0.15) is 0 Å². The summed E-state index contributed by atoms with van der Waals surface area (Å²) in [7, 11) is 0. The number of hydrogen-bond acceptors (Lipinski definition) is 2. The first-order chi connectivity index (χ1) is 8.56. The zero-order chi connectivity index (χ0) is 13.1. The molecule has 2 aromatic rings. The summed E-state index contributed by atoms with van der Waals surface area (Å²) >= 11 is 3.19. The van der Waals surface area contributed by atoms with Gasteiger partial charge < -0.3 is 4.74 Å². The van der Waals surface area contributed by atoms with Gasteiger partial charge >= 0.3 is 0 Å². The van der Waals surface area contributed by atoms with Crippen LogP contribution in [0.25, 0.3) is 0 Å². The van der Waals surface area contributed by atoms with Gasteiger partial charge in [0, 0.05) is 10.5 Å². The molecule has 0 aliphatic carbocycles. The smallest absolute Gasteiger partial charge is 0.163 e. The molecule has 18 heavy (non-hydrogen) atoms. The standard InChI is InChI=1S/C14H10BrFO2/c1-9(17)13-4-2-3-5-14(13)18-12-7-10(15)6-11(16)8-12/h2-8H,1H3. The second-order valence-corrected chi connectivity index (χ2v) is 4.68. The van der Waals surface area contributed by atoms with Crippen LogP contribution in [0.2, 0.25) is 0 Å². The van der Waals surface area contributed by atoms with Gasteiger partial charge in [0.25, 0.3) is 0 Å². The van der Waals surface area contributed by atoms with Crippen molar-refractivity contribution < 1.29 is 13.9 Å². The summed E-state index contributed by atoms with van der Waals surface area (Å²) in [6.45, 7) is 1.46. The fraction of sp³-hybridized carbons (Fsp3) is 0.0714. The summed E-state index contributed by atoms with van der Waals surface area (Å²) in [5.74, 6) is 0.263. The van der Waals surface area contributed by atoms with Crippen LogP contribution in [0, 0.1) is 5.82 Å². The maximum Gasteiger partial charge on any atom is 0.163 e. The third-order valence-corrected chi connectivity index (χ3v) is 2.79. The number of halogens is 2. The van der Waals surface area contributed by atoms with E-state index in [4.69, 9.17) is 4.74 Å². The van der Waals surface area contributed by atoms with Crippen LogP contribution in [-0.2, 0) is 0 Å². The Bertz CT molecular complexity index is 576. The van der Waals surface area contributed by atoms with Crippen LogP contribution in [0.15, 0.2) is 46.9 Å². The van der Waals surface area contributed by atoms with Gasteiger partial charge in [-0.25, -0.2) is 4.39 Å². The monoisotopic (exact) mass is 308 g/mol. The number of benzene rings is 2. The highest BCUT2D eigenvalue weighted by atomic mass is 79.9. The van der Waals surface area contributed by atoms with Crippen molar-refractivity contribution in [2.45, 2.75) is 6.92 Å². The summed E-state index contributed by atoms with van der Waals surface area (Å²) in [4.78, 5) is 11.4. The maximum atomic E-state index is 13.2. The summed E-state index contributed by atoms with van der Waals surface area (Å²) in [5.41, 5.74) is 0.470. The molecule has 4 heteroatoms. The first-order valence-corrected chi connectivity index (χ1v) is 6.09. The van der Waals surface area contributed by atoms with Crippen molar-refractivity contribution in [3.8, 4) is 11.5 Å². The molecule has 0 saturated carbocycles. The zero-order valence-corrected chi connectivity index (χ0v) is 11.2. The van der Waals surface area contributed by atoms with Gasteiger partial charge in [-0.05, 0) is 31.2 Å². The number of ketones is 1. The van der Waals surface area contributed by atoms with Gasteiger partial charge in [0.05, 0.1) is 5.56 Å². The number of para-hydroxylation sites is 1. The molecule has 0 fully saturated rings. The first-order valence-electron chi connectivity index (χ1n) is 5.30. The molecule has 0 atom stereocenters. The summed E-state index contributed by atoms with van der Waals surface area (Å²) in [6.07, 6.45) is 0. The summed E-state index contributed by atoms with van der Waals surface area (Å²) in [5, 5.41) is 0. The average molecular weight is 309 g/mol. The molecule has 0 aliphatic heterocycles. The van der Waals surface area contributed by atoms with Gasteiger partial charge in [-0.1, -0.05) is 28.1 Å². The van der Waals surface area contributed by atoms with E-state index in [0.717, 1.165) is 0 Å². The summed E-state index contributed by atoms with van der Waals surface area (Å²) in [6, 6.07) is 11.1. The van der Waals surface area contributed by atoms with Crippen molar-refractivity contribution in [1.29, 1.82) is 0 Å². The topological polar surface area (TPSA) is 26.3 Å². The molecule has 2 nitrogen and oxygen atoms in total. The lowest BCUT2D eigenvalue weighted by molar-refractivity contribution is 0.101. The van der Waals surface area contributed by atoms with Crippen LogP contribution in [0.5, 0.6) is 11.5 Å². The molecular formula is C14H10BrFO2. The zero-order valence-electron chi connectivity index (χ0n) is 9.61. The molecule has 0 saturated heterocycles. The average Bonchev–Trinajstić information content (AvgIpc) is 2.27. The molecule has 2 aromatic carbocycles. The molecule has 0 radical (unpaired) electrons. The quantitative estimate of drug-likeness (QED) is 0.776. The predicted octanol–water partition coefficient (Wildman–Crippen LogP) is 4.58. The Morgan fingerprint density at radius 3 is 2.61 bits per heavy atom. The third-order valence-electron chi connectivity index (χ3n) is 2.33. The molecule has 0 bridgehead atoms. The number of carbonyl (C=O) groups excluding carboxylic acids is 1. The molecule has 0 amide bonds.